The van der Waals surface area contributed by atoms with Crippen molar-refractivity contribution in [3.05, 3.63) is 57.6 Å². The largest absolute Gasteiger partial charge is 0.503 e. The molecule has 1 saturated heterocycles. The number of nitrogens with one attached hydrogen (secondary N) is 1. The number of rotatable bonds is 3. The molecule has 2 N–H and O–H groups in total. The number of amides is 4. The van der Waals surface area contributed by atoms with E-state index in [1.54, 1.807) is 19.1 Å². The molecule has 0 radical (unpaired) electrons. The van der Waals surface area contributed by atoms with Gasteiger partial charge in [0, 0.05) is 0 Å². The number of hydrogen-bond acceptors (Lipinski definition) is 5. The number of ether oxygens (including phenoxy) is 1. The Morgan fingerprint density at radius 1 is 1.14 bits per heavy atom. The summed E-state index contributed by atoms with van der Waals surface area (Å²) in [6, 6.07) is 7.33. The summed E-state index contributed by atoms with van der Waals surface area (Å²) >= 11 is 5.96. The first-order chi connectivity index (χ1) is 13.2. The Kier molecular flexibility index (Phi) is 5.11. The van der Waals surface area contributed by atoms with Crippen molar-refractivity contribution in [2.45, 2.75) is 13.8 Å². The highest BCUT2D eigenvalue weighted by Gasteiger charge is 2.37. The average Bonchev–Trinajstić information content (AvgIpc) is 2.64. The predicted molar refractivity (Wildman–Crippen MR) is 105 cm³/mol. The molecule has 4 amide bonds. The summed E-state index contributed by atoms with van der Waals surface area (Å²) in [5.41, 5.74) is 2.07. The van der Waals surface area contributed by atoms with Gasteiger partial charge in [0.2, 0.25) is 0 Å². The summed E-state index contributed by atoms with van der Waals surface area (Å²) in [5.74, 6) is -1.74. The molecule has 0 unspecified atom stereocenters. The molecule has 28 heavy (non-hydrogen) atoms. The highest BCUT2D eigenvalue weighted by molar-refractivity contribution is 6.39. The Balaban J connectivity index is 2.09. The Labute approximate surface area is 166 Å². The first-order valence-electron chi connectivity index (χ1n) is 8.28. The lowest BCUT2D eigenvalue weighted by Crippen LogP contribution is -2.54. The number of phenolic OH excluding ortho intramolecular Hbond substituents is 1. The number of carbonyl (C=O) groups excluding carboxylic acids is 3. The second kappa shape index (κ2) is 7.36. The van der Waals surface area contributed by atoms with Crippen molar-refractivity contribution in [1.82, 2.24) is 5.32 Å². The average molecular weight is 401 g/mol. The smallest absolute Gasteiger partial charge is 0.335 e. The summed E-state index contributed by atoms with van der Waals surface area (Å²) in [6.45, 7) is 3.60. The molecule has 144 valence electrons. The molecule has 8 heteroatoms. The first kappa shape index (κ1) is 19.4. The van der Waals surface area contributed by atoms with Gasteiger partial charge in [0.25, 0.3) is 11.8 Å². The molecule has 1 heterocycles. The van der Waals surface area contributed by atoms with Crippen LogP contribution in [0.2, 0.25) is 5.02 Å². The van der Waals surface area contributed by atoms with Crippen LogP contribution in [0.1, 0.15) is 16.7 Å². The van der Waals surface area contributed by atoms with Crippen molar-refractivity contribution in [2.24, 2.45) is 0 Å². The lowest BCUT2D eigenvalue weighted by molar-refractivity contribution is -0.122. The third-order valence-electron chi connectivity index (χ3n) is 4.29. The van der Waals surface area contributed by atoms with Gasteiger partial charge >= 0.3 is 6.03 Å². The molecule has 0 spiro atoms. The first-order valence-corrected chi connectivity index (χ1v) is 8.66. The number of nitrogens with zero attached hydrogens (tertiary/aromatic N) is 1. The third-order valence-corrected chi connectivity index (χ3v) is 4.58. The van der Waals surface area contributed by atoms with Crippen LogP contribution in [-0.2, 0) is 9.59 Å². The van der Waals surface area contributed by atoms with Gasteiger partial charge in [-0.15, -0.1) is 0 Å². The van der Waals surface area contributed by atoms with E-state index in [0.29, 0.717) is 16.8 Å². The highest BCUT2D eigenvalue weighted by Crippen LogP contribution is 2.36. The SMILES string of the molecule is COc1cc(/C=C2\C(=O)NC(=O)N(c3cc(C)ccc3C)C2=O)cc(Cl)c1O. The van der Waals surface area contributed by atoms with E-state index in [9.17, 15) is 19.5 Å². The topological polar surface area (TPSA) is 95.9 Å². The summed E-state index contributed by atoms with van der Waals surface area (Å²) in [6.07, 6.45) is 1.29. The van der Waals surface area contributed by atoms with Gasteiger partial charge in [0.15, 0.2) is 11.5 Å². The van der Waals surface area contributed by atoms with Gasteiger partial charge in [-0.2, -0.15) is 0 Å². The predicted octanol–water partition coefficient (Wildman–Crippen LogP) is 3.34. The minimum Gasteiger partial charge on any atom is -0.503 e. The molecule has 7 nitrogen and oxygen atoms in total. The molecule has 0 aromatic heterocycles. The molecule has 1 aliphatic rings. The Morgan fingerprint density at radius 2 is 1.86 bits per heavy atom. The number of methoxy groups -OCH3 is 1. The molecular weight excluding hydrogens is 384 g/mol. The maximum absolute atomic E-state index is 13.0. The van der Waals surface area contributed by atoms with Crippen molar-refractivity contribution in [1.29, 1.82) is 0 Å². The number of aromatic hydroxyl groups is 1. The number of carbonyl (C=O) groups is 3. The quantitative estimate of drug-likeness (QED) is 0.608. The van der Waals surface area contributed by atoms with Crippen LogP contribution >= 0.6 is 11.6 Å². The van der Waals surface area contributed by atoms with E-state index in [1.807, 2.05) is 13.0 Å². The Hall–Kier alpha value is -3.32. The van der Waals surface area contributed by atoms with E-state index in [4.69, 9.17) is 16.3 Å². The van der Waals surface area contributed by atoms with Gasteiger partial charge in [-0.3, -0.25) is 14.9 Å². The van der Waals surface area contributed by atoms with Gasteiger partial charge in [0.05, 0.1) is 17.8 Å². The number of imide groups is 2. The fourth-order valence-corrected chi connectivity index (χ4v) is 3.06. The van der Waals surface area contributed by atoms with Crippen LogP contribution in [0.3, 0.4) is 0 Å². The van der Waals surface area contributed by atoms with Crippen LogP contribution < -0.4 is 15.0 Å². The van der Waals surface area contributed by atoms with Gasteiger partial charge in [-0.05, 0) is 54.8 Å². The summed E-state index contributed by atoms with van der Waals surface area (Å²) in [7, 11) is 1.35. The molecular formula is C20H17ClN2O5. The number of hydrogen-bond donors (Lipinski definition) is 2. The van der Waals surface area contributed by atoms with Crippen molar-refractivity contribution in [2.75, 3.05) is 12.0 Å². The zero-order valence-electron chi connectivity index (χ0n) is 15.4. The molecule has 2 aromatic carbocycles. The van der Waals surface area contributed by atoms with Gasteiger partial charge in [0.1, 0.15) is 5.57 Å². The lowest BCUT2D eigenvalue weighted by Gasteiger charge is -2.27. The molecule has 0 saturated carbocycles. The molecule has 0 bridgehead atoms. The van der Waals surface area contributed by atoms with Crippen LogP contribution in [0.4, 0.5) is 10.5 Å². The van der Waals surface area contributed by atoms with Crippen molar-refractivity contribution in [3.8, 4) is 11.5 Å². The minimum absolute atomic E-state index is 0.00247. The zero-order valence-corrected chi connectivity index (χ0v) is 16.1. The van der Waals surface area contributed by atoms with Crippen LogP contribution in [0.25, 0.3) is 6.08 Å². The van der Waals surface area contributed by atoms with E-state index >= 15 is 0 Å². The maximum atomic E-state index is 13.0. The minimum atomic E-state index is -0.820. The fourth-order valence-electron chi connectivity index (χ4n) is 2.84. The molecule has 0 atom stereocenters. The highest BCUT2D eigenvalue weighted by atomic mass is 35.5. The molecule has 3 rings (SSSR count). The second-order valence-electron chi connectivity index (χ2n) is 6.30. The van der Waals surface area contributed by atoms with E-state index in [0.717, 1.165) is 10.5 Å². The standard InChI is InChI=1S/C20H17ClN2O5/c1-10-4-5-11(2)15(6-10)23-19(26)13(18(25)22-20(23)27)7-12-8-14(21)17(24)16(9-12)28-3/h4-9,24H,1-3H3,(H,22,25,27)/b13-7+. The monoisotopic (exact) mass is 400 g/mol. The fraction of sp³-hybridized carbons (Fsp3) is 0.150. The molecule has 0 aliphatic carbocycles. The van der Waals surface area contributed by atoms with Gasteiger partial charge in [-0.1, -0.05) is 23.7 Å². The Morgan fingerprint density at radius 3 is 2.54 bits per heavy atom. The number of benzene rings is 2. The Bertz CT molecular complexity index is 1050. The number of aryl methyl sites for hydroxylation is 2. The van der Waals surface area contributed by atoms with Crippen LogP contribution in [0.15, 0.2) is 35.9 Å². The normalized spacial score (nSPS) is 15.8. The summed E-state index contributed by atoms with van der Waals surface area (Å²) in [5, 5.41) is 12.0. The van der Waals surface area contributed by atoms with E-state index in [2.05, 4.69) is 5.32 Å². The van der Waals surface area contributed by atoms with Crippen LogP contribution in [0, 0.1) is 13.8 Å². The van der Waals surface area contributed by atoms with Crippen LogP contribution in [0.5, 0.6) is 11.5 Å². The molecule has 1 aliphatic heterocycles. The van der Waals surface area contributed by atoms with E-state index in [1.165, 1.54) is 25.3 Å². The lowest BCUT2D eigenvalue weighted by atomic mass is 10.0. The number of barbiturate groups is 1. The molecule has 2 aromatic rings. The second-order valence-corrected chi connectivity index (χ2v) is 6.71. The number of anilines is 1. The number of halogens is 1. The van der Waals surface area contributed by atoms with E-state index in [-0.39, 0.29) is 22.1 Å². The number of urea groups is 1. The summed E-state index contributed by atoms with van der Waals surface area (Å²) < 4.78 is 5.03. The van der Waals surface area contributed by atoms with Crippen molar-refractivity contribution >= 4 is 41.2 Å². The summed E-state index contributed by atoms with van der Waals surface area (Å²) in [4.78, 5) is 38.6. The van der Waals surface area contributed by atoms with Gasteiger partial charge < -0.3 is 9.84 Å². The third kappa shape index (κ3) is 3.44. The maximum Gasteiger partial charge on any atom is 0.335 e. The van der Waals surface area contributed by atoms with E-state index < -0.39 is 17.8 Å². The van der Waals surface area contributed by atoms with Crippen molar-refractivity contribution in [3.63, 3.8) is 0 Å². The van der Waals surface area contributed by atoms with Crippen LogP contribution in [-0.4, -0.2) is 30.1 Å². The van der Waals surface area contributed by atoms with Gasteiger partial charge in [-0.25, -0.2) is 9.69 Å². The number of phenols is 1. The van der Waals surface area contributed by atoms with Crippen molar-refractivity contribution < 1.29 is 24.2 Å². The zero-order chi connectivity index (χ0) is 20.6. The molecule has 1 fully saturated rings.